The average molecular weight is 373 g/mol. The minimum absolute atomic E-state index is 0.166. The highest BCUT2D eigenvalue weighted by molar-refractivity contribution is 7.19. The van der Waals surface area contributed by atoms with Crippen LogP contribution >= 0.6 is 11.3 Å². The number of nitrogens with one attached hydrogen (secondary N) is 2. The Bertz CT molecular complexity index is 868. The first-order valence-electron chi connectivity index (χ1n) is 8.14. The van der Waals surface area contributed by atoms with Crippen LogP contribution in [-0.4, -0.2) is 34.7 Å². The molecule has 0 saturated carbocycles. The van der Waals surface area contributed by atoms with Crippen LogP contribution in [0.2, 0.25) is 0 Å². The molecule has 136 valence electrons. The Morgan fingerprint density at radius 1 is 1.19 bits per heavy atom. The van der Waals surface area contributed by atoms with E-state index in [2.05, 4.69) is 25.6 Å². The molecular formula is C18H20FN5OS. The molecule has 6 nitrogen and oxygen atoms in total. The summed E-state index contributed by atoms with van der Waals surface area (Å²) in [7, 11) is 1.67. The average Bonchev–Trinajstić information content (AvgIpc) is 2.97. The van der Waals surface area contributed by atoms with E-state index in [0.29, 0.717) is 12.6 Å². The molecular weight excluding hydrogens is 353 g/mol. The van der Waals surface area contributed by atoms with Gasteiger partial charge in [0, 0.05) is 25.0 Å². The fourth-order valence-electron chi connectivity index (χ4n) is 2.41. The van der Waals surface area contributed by atoms with Crippen molar-refractivity contribution in [3.8, 4) is 10.6 Å². The highest BCUT2D eigenvalue weighted by atomic mass is 32.1. The van der Waals surface area contributed by atoms with Gasteiger partial charge >= 0.3 is 0 Å². The molecule has 0 spiro atoms. The second kappa shape index (κ2) is 8.20. The number of halogens is 1. The Labute approximate surface area is 155 Å². The minimum atomic E-state index is -0.284. The molecule has 2 N–H and O–H groups in total. The van der Waals surface area contributed by atoms with Crippen LogP contribution in [0.5, 0.6) is 0 Å². The Kier molecular flexibility index (Phi) is 5.75. The Balaban J connectivity index is 1.79. The first kappa shape index (κ1) is 18.2. The summed E-state index contributed by atoms with van der Waals surface area (Å²) in [4.78, 5) is 14.3. The summed E-state index contributed by atoms with van der Waals surface area (Å²) in [6.07, 6.45) is 1.69. The van der Waals surface area contributed by atoms with E-state index >= 15 is 0 Å². The molecule has 3 rings (SSSR count). The van der Waals surface area contributed by atoms with Crippen LogP contribution in [0.1, 0.15) is 12.6 Å². The fraction of sp³-hybridized carbons (Fsp3) is 0.278. The zero-order chi connectivity index (χ0) is 18.5. The molecule has 2 heterocycles. The van der Waals surface area contributed by atoms with E-state index in [9.17, 15) is 4.39 Å². The standard InChI is InChI=1S/C18H20FN5OS/c1-11(10-25-3)21-18-22-12(2)16(26-18)15-8-9-20-17(24-15)23-14-6-4-13(19)5-7-14/h4-9,11H,10H2,1-3H3,(H,21,22)(H,20,23,24). The van der Waals surface area contributed by atoms with Gasteiger partial charge in [-0.15, -0.1) is 0 Å². The number of aromatic nitrogens is 3. The van der Waals surface area contributed by atoms with Crippen LogP contribution in [0, 0.1) is 12.7 Å². The van der Waals surface area contributed by atoms with Gasteiger partial charge in [-0.1, -0.05) is 11.3 Å². The van der Waals surface area contributed by atoms with E-state index in [4.69, 9.17) is 4.74 Å². The molecule has 1 unspecified atom stereocenters. The van der Waals surface area contributed by atoms with Crippen molar-refractivity contribution in [1.29, 1.82) is 0 Å². The van der Waals surface area contributed by atoms with Gasteiger partial charge in [-0.3, -0.25) is 0 Å². The molecule has 0 radical (unpaired) electrons. The first-order chi connectivity index (χ1) is 12.5. The lowest BCUT2D eigenvalue weighted by atomic mass is 10.3. The van der Waals surface area contributed by atoms with E-state index < -0.39 is 0 Å². The predicted octanol–water partition coefficient (Wildman–Crippen LogP) is 4.24. The lowest BCUT2D eigenvalue weighted by molar-refractivity contribution is 0.190. The highest BCUT2D eigenvalue weighted by Crippen LogP contribution is 2.32. The monoisotopic (exact) mass is 373 g/mol. The number of anilines is 3. The molecule has 3 aromatic rings. The van der Waals surface area contributed by atoms with E-state index in [1.807, 2.05) is 19.9 Å². The molecule has 0 aliphatic rings. The van der Waals surface area contributed by atoms with Gasteiger partial charge in [0.05, 0.1) is 22.9 Å². The van der Waals surface area contributed by atoms with Crippen LogP contribution in [-0.2, 0) is 4.74 Å². The van der Waals surface area contributed by atoms with Gasteiger partial charge in [-0.25, -0.2) is 19.3 Å². The molecule has 2 aromatic heterocycles. The van der Waals surface area contributed by atoms with Gasteiger partial charge in [-0.2, -0.15) is 0 Å². The van der Waals surface area contributed by atoms with Crippen LogP contribution in [0.15, 0.2) is 36.5 Å². The predicted molar refractivity (Wildman–Crippen MR) is 103 cm³/mol. The maximum Gasteiger partial charge on any atom is 0.227 e. The third kappa shape index (κ3) is 4.53. The summed E-state index contributed by atoms with van der Waals surface area (Å²) in [5.74, 6) is 0.164. The minimum Gasteiger partial charge on any atom is -0.383 e. The van der Waals surface area contributed by atoms with Gasteiger partial charge in [0.1, 0.15) is 5.82 Å². The summed E-state index contributed by atoms with van der Waals surface area (Å²) >= 11 is 1.54. The second-order valence-electron chi connectivity index (χ2n) is 5.83. The van der Waals surface area contributed by atoms with Crippen molar-refractivity contribution in [2.45, 2.75) is 19.9 Å². The van der Waals surface area contributed by atoms with Crippen molar-refractivity contribution in [1.82, 2.24) is 15.0 Å². The van der Waals surface area contributed by atoms with Crippen molar-refractivity contribution in [3.05, 3.63) is 48.0 Å². The zero-order valence-corrected chi connectivity index (χ0v) is 15.6. The van der Waals surface area contributed by atoms with Crippen LogP contribution in [0.25, 0.3) is 10.6 Å². The molecule has 26 heavy (non-hydrogen) atoms. The number of nitrogens with zero attached hydrogens (tertiary/aromatic N) is 3. The SMILES string of the molecule is COCC(C)Nc1nc(C)c(-c2ccnc(Nc3ccc(F)cc3)n2)s1. The molecule has 8 heteroatoms. The molecule has 0 fully saturated rings. The number of benzene rings is 1. The van der Waals surface area contributed by atoms with Crippen molar-refractivity contribution in [3.63, 3.8) is 0 Å². The Morgan fingerprint density at radius 3 is 2.69 bits per heavy atom. The van der Waals surface area contributed by atoms with Crippen LogP contribution < -0.4 is 10.6 Å². The van der Waals surface area contributed by atoms with Crippen molar-refractivity contribution in [2.75, 3.05) is 24.4 Å². The lowest BCUT2D eigenvalue weighted by Gasteiger charge is -2.10. The molecule has 0 aliphatic carbocycles. The zero-order valence-electron chi connectivity index (χ0n) is 14.8. The molecule has 0 aliphatic heterocycles. The Morgan fingerprint density at radius 2 is 1.96 bits per heavy atom. The number of rotatable bonds is 7. The van der Waals surface area contributed by atoms with Crippen molar-refractivity contribution >= 4 is 28.1 Å². The van der Waals surface area contributed by atoms with Crippen LogP contribution in [0.3, 0.4) is 0 Å². The first-order valence-corrected chi connectivity index (χ1v) is 8.95. The summed E-state index contributed by atoms with van der Waals surface area (Å²) in [5, 5.41) is 7.23. The Hall–Kier alpha value is -2.58. The van der Waals surface area contributed by atoms with Gasteiger partial charge in [0.2, 0.25) is 5.95 Å². The number of thiazole rings is 1. The van der Waals surface area contributed by atoms with E-state index in [0.717, 1.165) is 27.1 Å². The van der Waals surface area contributed by atoms with Gasteiger partial charge in [0.15, 0.2) is 5.13 Å². The van der Waals surface area contributed by atoms with E-state index in [1.165, 1.54) is 23.5 Å². The number of ether oxygens (including phenoxy) is 1. The summed E-state index contributed by atoms with van der Waals surface area (Å²) < 4.78 is 18.2. The number of hydrogen-bond acceptors (Lipinski definition) is 7. The topological polar surface area (TPSA) is 72.0 Å². The van der Waals surface area contributed by atoms with Crippen LogP contribution in [0.4, 0.5) is 21.2 Å². The molecule has 1 aromatic carbocycles. The largest absolute Gasteiger partial charge is 0.383 e. The molecule has 0 bridgehead atoms. The van der Waals surface area contributed by atoms with Gasteiger partial charge in [-0.05, 0) is 44.2 Å². The smallest absolute Gasteiger partial charge is 0.227 e. The fourth-order valence-corrected chi connectivity index (χ4v) is 3.45. The lowest BCUT2D eigenvalue weighted by Crippen LogP contribution is -2.20. The molecule has 1 atom stereocenters. The number of methoxy groups -OCH3 is 1. The maximum absolute atomic E-state index is 13.0. The third-order valence-corrected chi connectivity index (χ3v) is 4.68. The summed E-state index contributed by atoms with van der Waals surface area (Å²) in [6, 6.07) is 8.07. The summed E-state index contributed by atoms with van der Waals surface area (Å²) in [6.45, 7) is 4.59. The quantitative estimate of drug-likeness (QED) is 0.645. The number of hydrogen-bond donors (Lipinski definition) is 2. The highest BCUT2D eigenvalue weighted by Gasteiger charge is 2.13. The third-order valence-electron chi connectivity index (χ3n) is 3.57. The van der Waals surface area contributed by atoms with Gasteiger partial charge < -0.3 is 15.4 Å². The van der Waals surface area contributed by atoms with Crippen molar-refractivity contribution in [2.24, 2.45) is 0 Å². The molecule has 0 saturated heterocycles. The van der Waals surface area contributed by atoms with E-state index in [-0.39, 0.29) is 11.9 Å². The molecule has 0 amide bonds. The van der Waals surface area contributed by atoms with Crippen molar-refractivity contribution < 1.29 is 9.13 Å². The second-order valence-corrected chi connectivity index (χ2v) is 6.83. The normalized spacial score (nSPS) is 12.0. The summed E-state index contributed by atoms with van der Waals surface area (Å²) in [5.41, 5.74) is 2.40. The number of aryl methyl sites for hydroxylation is 1. The van der Waals surface area contributed by atoms with Gasteiger partial charge in [0.25, 0.3) is 0 Å². The van der Waals surface area contributed by atoms with E-state index in [1.54, 1.807) is 25.4 Å². The maximum atomic E-state index is 13.0.